The molecular formula is C12H13NO3. The molecule has 0 aliphatic carbocycles. The summed E-state index contributed by atoms with van der Waals surface area (Å²) < 4.78 is 5.10. The third-order valence-electron chi connectivity index (χ3n) is 2.57. The molecule has 0 bridgehead atoms. The lowest BCUT2D eigenvalue weighted by molar-refractivity contribution is -0.114. The molecule has 0 spiro atoms. The van der Waals surface area contributed by atoms with E-state index in [1.54, 1.807) is 0 Å². The molecule has 0 radical (unpaired) electrons. The van der Waals surface area contributed by atoms with Crippen LogP contribution in [0.4, 0.5) is 4.79 Å². The first-order valence-corrected chi connectivity index (χ1v) is 5.20. The van der Waals surface area contributed by atoms with Crippen molar-refractivity contribution in [2.75, 3.05) is 13.1 Å². The quantitative estimate of drug-likeness (QED) is 0.723. The molecule has 1 heterocycles. The Labute approximate surface area is 93.8 Å². The Morgan fingerprint density at radius 2 is 2.06 bits per heavy atom. The molecule has 1 aromatic carbocycles. The number of rotatable bonds is 3. The average molecular weight is 219 g/mol. The topological polar surface area (TPSA) is 46.6 Å². The van der Waals surface area contributed by atoms with Gasteiger partial charge in [0.05, 0.1) is 5.92 Å². The summed E-state index contributed by atoms with van der Waals surface area (Å²) in [4.78, 5) is 23.3. The van der Waals surface area contributed by atoms with Crippen LogP contribution in [0, 0.1) is 5.92 Å². The number of nitrogens with zero attached hydrogens (tertiary/aromatic N) is 1. The molecule has 4 nitrogen and oxygen atoms in total. The van der Waals surface area contributed by atoms with Crippen LogP contribution in [0.15, 0.2) is 30.3 Å². The van der Waals surface area contributed by atoms with Gasteiger partial charge in [0.1, 0.15) is 12.9 Å². The number of aldehydes is 1. The molecule has 16 heavy (non-hydrogen) atoms. The summed E-state index contributed by atoms with van der Waals surface area (Å²) in [5.74, 6) is -0.00993. The highest BCUT2D eigenvalue weighted by Crippen LogP contribution is 2.14. The predicted octanol–water partition coefficient (Wildman–Crippen LogP) is 1.45. The number of likely N-dealkylation sites (tertiary alicyclic amines) is 1. The van der Waals surface area contributed by atoms with Gasteiger partial charge in [-0.15, -0.1) is 0 Å². The van der Waals surface area contributed by atoms with Crippen molar-refractivity contribution in [1.82, 2.24) is 4.90 Å². The summed E-state index contributed by atoms with van der Waals surface area (Å²) in [6, 6.07) is 9.51. The smallest absolute Gasteiger partial charge is 0.410 e. The molecule has 0 atom stereocenters. The summed E-state index contributed by atoms with van der Waals surface area (Å²) in [6.07, 6.45) is 0.531. The molecule has 1 fully saturated rings. The van der Waals surface area contributed by atoms with Crippen LogP contribution >= 0.6 is 0 Å². The fourth-order valence-electron chi connectivity index (χ4n) is 1.56. The van der Waals surface area contributed by atoms with Gasteiger partial charge in [-0.05, 0) is 5.56 Å². The fourth-order valence-corrected chi connectivity index (χ4v) is 1.56. The predicted molar refractivity (Wildman–Crippen MR) is 57.8 cm³/mol. The SMILES string of the molecule is O=CC1CN(C(=O)OCc2ccccc2)C1. The van der Waals surface area contributed by atoms with E-state index in [4.69, 9.17) is 4.74 Å². The highest BCUT2D eigenvalue weighted by molar-refractivity contribution is 5.71. The standard InChI is InChI=1S/C12H13NO3/c14-8-11-6-13(7-11)12(15)16-9-10-4-2-1-3-5-10/h1-5,8,11H,6-7,9H2. The summed E-state index contributed by atoms with van der Waals surface area (Å²) in [5, 5.41) is 0. The van der Waals surface area contributed by atoms with Gasteiger partial charge in [0, 0.05) is 13.1 Å². The van der Waals surface area contributed by atoms with Gasteiger partial charge in [0.25, 0.3) is 0 Å². The molecule has 2 rings (SSSR count). The van der Waals surface area contributed by atoms with Crippen molar-refractivity contribution in [2.45, 2.75) is 6.61 Å². The molecular weight excluding hydrogens is 206 g/mol. The Morgan fingerprint density at radius 1 is 1.38 bits per heavy atom. The van der Waals surface area contributed by atoms with E-state index in [1.807, 2.05) is 30.3 Å². The number of ether oxygens (including phenoxy) is 1. The zero-order valence-corrected chi connectivity index (χ0v) is 8.83. The van der Waals surface area contributed by atoms with E-state index in [-0.39, 0.29) is 18.6 Å². The lowest BCUT2D eigenvalue weighted by Crippen LogP contribution is -2.50. The van der Waals surface area contributed by atoms with Crippen LogP contribution in [-0.2, 0) is 16.1 Å². The Bertz CT molecular complexity index is 371. The lowest BCUT2D eigenvalue weighted by Gasteiger charge is -2.34. The first kappa shape index (κ1) is 10.7. The minimum atomic E-state index is -0.345. The Hall–Kier alpha value is -1.84. The molecule has 0 saturated carbocycles. The van der Waals surface area contributed by atoms with Crippen LogP contribution in [0.1, 0.15) is 5.56 Å². The zero-order valence-electron chi connectivity index (χ0n) is 8.83. The lowest BCUT2D eigenvalue weighted by atomic mass is 10.0. The number of hydrogen-bond donors (Lipinski definition) is 0. The molecule has 4 heteroatoms. The largest absolute Gasteiger partial charge is 0.445 e. The number of carbonyl (C=O) groups is 2. The van der Waals surface area contributed by atoms with E-state index in [0.29, 0.717) is 13.1 Å². The van der Waals surface area contributed by atoms with Gasteiger partial charge in [0.2, 0.25) is 0 Å². The van der Waals surface area contributed by atoms with E-state index < -0.39 is 0 Å². The number of carbonyl (C=O) groups excluding carboxylic acids is 2. The summed E-state index contributed by atoms with van der Waals surface area (Å²) in [6.45, 7) is 1.25. The normalized spacial score (nSPS) is 15.4. The number of hydrogen-bond acceptors (Lipinski definition) is 3. The molecule has 0 N–H and O–H groups in total. The van der Waals surface area contributed by atoms with E-state index >= 15 is 0 Å². The van der Waals surface area contributed by atoms with Crippen LogP contribution in [0.5, 0.6) is 0 Å². The highest BCUT2D eigenvalue weighted by Gasteiger charge is 2.31. The van der Waals surface area contributed by atoms with Gasteiger partial charge in [-0.25, -0.2) is 4.79 Å². The summed E-state index contributed by atoms with van der Waals surface area (Å²) in [7, 11) is 0. The Kier molecular flexibility index (Phi) is 3.19. The van der Waals surface area contributed by atoms with Crippen molar-refractivity contribution >= 4 is 12.4 Å². The van der Waals surface area contributed by atoms with Crippen molar-refractivity contribution in [1.29, 1.82) is 0 Å². The molecule has 1 saturated heterocycles. The molecule has 1 aliphatic rings. The van der Waals surface area contributed by atoms with Crippen molar-refractivity contribution < 1.29 is 14.3 Å². The van der Waals surface area contributed by atoms with E-state index in [9.17, 15) is 9.59 Å². The third kappa shape index (κ3) is 2.39. The average Bonchev–Trinajstić information content (AvgIpc) is 2.26. The molecule has 1 amide bonds. The van der Waals surface area contributed by atoms with Crippen LogP contribution in [0.2, 0.25) is 0 Å². The fraction of sp³-hybridized carbons (Fsp3) is 0.333. The Morgan fingerprint density at radius 3 is 2.69 bits per heavy atom. The molecule has 0 unspecified atom stereocenters. The van der Waals surface area contributed by atoms with Gasteiger partial charge < -0.3 is 14.4 Å². The van der Waals surface area contributed by atoms with Crippen molar-refractivity contribution in [2.24, 2.45) is 5.92 Å². The van der Waals surface area contributed by atoms with Gasteiger partial charge in [-0.1, -0.05) is 30.3 Å². The minimum Gasteiger partial charge on any atom is -0.445 e. The van der Waals surface area contributed by atoms with Gasteiger partial charge in [-0.2, -0.15) is 0 Å². The minimum absolute atomic E-state index is 0.00993. The molecule has 0 aromatic heterocycles. The number of benzene rings is 1. The second-order valence-electron chi connectivity index (χ2n) is 3.84. The van der Waals surface area contributed by atoms with Gasteiger partial charge in [0.15, 0.2) is 0 Å². The molecule has 1 aliphatic heterocycles. The van der Waals surface area contributed by atoms with Crippen LogP contribution < -0.4 is 0 Å². The summed E-state index contributed by atoms with van der Waals surface area (Å²) in [5.41, 5.74) is 0.961. The second kappa shape index (κ2) is 4.79. The van der Waals surface area contributed by atoms with Crippen LogP contribution in [0.3, 0.4) is 0 Å². The van der Waals surface area contributed by atoms with E-state index in [2.05, 4.69) is 0 Å². The molecule has 84 valence electrons. The van der Waals surface area contributed by atoms with Gasteiger partial charge >= 0.3 is 6.09 Å². The first-order chi connectivity index (χ1) is 7.79. The van der Waals surface area contributed by atoms with Crippen molar-refractivity contribution in [3.63, 3.8) is 0 Å². The highest BCUT2D eigenvalue weighted by atomic mass is 16.6. The number of amides is 1. The first-order valence-electron chi connectivity index (χ1n) is 5.20. The molecule has 1 aromatic rings. The van der Waals surface area contributed by atoms with Crippen molar-refractivity contribution in [3.8, 4) is 0 Å². The van der Waals surface area contributed by atoms with Crippen molar-refractivity contribution in [3.05, 3.63) is 35.9 Å². The third-order valence-corrected chi connectivity index (χ3v) is 2.57. The van der Waals surface area contributed by atoms with Crippen LogP contribution in [0.25, 0.3) is 0 Å². The maximum Gasteiger partial charge on any atom is 0.410 e. The van der Waals surface area contributed by atoms with Crippen LogP contribution in [-0.4, -0.2) is 30.4 Å². The Balaban J connectivity index is 1.75. The monoisotopic (exact) mass is 219 g/mol. The van der Waals surface area contributed by atoms with E-state index in [1.165, 1.54) is 4.90 Å². The van der Waals surface area contributed by atoms with Gasteiger partial charge in [-0.3, -0.25) is 0 Å². The maximum absolute atomic E-state index is 11.4. The zero-order chi connectivity index (χ0) is 11.4. The second-order valence-corrected chi connectivity index (χ2v) is 3.84. The van der Waals surface area contributed by atoms with E-state index in [0.717, 1.165) is 11.8 Å². The summed E-state index contributed by atoms with van der Waals surface area (Å²) >= 11 is 0. The maximum atomic E-state index is 11.4.